The highest BCUT2D eigenvalue weighted by atomic mass is 16.5. The summed E-state index contributed by atoms with van der Waals surface area (Å²) in [4.78, 5) is 0. The van der Waals surface area contributed by atoms with E-state index in [1.165, 1.54) is 48.4 Å². The molecule has 132 valence electrons. The van der Waals surface area contributed by atoms with E-state index in [-0.39, 0.29) is 0 Å². The third kappa shape index (κ3) is 4.90. The van der Waals surface area contributed by atoms with E-state index in [1.54, 1.807) is 7.11 Å². The van der Waals surface area contributed by atoms with E-state index in [2.05, 4.69) is 55.2 Å². The van der Waals surface area contributed by atoms with Gasteiger partial charge in [0.25, 0.3) is 0 Å². The second-order valence-electron chi connectivity index (χ2n) is 6.69. The first-order valence-corrected chi connectivity index (χ1v) is 9.47. The van der Waals surface area contributed by atoms with E-state index >= 15 is 0 Å². The minimum absolute atomic E-state index is 0.853. The van der Waals surface area contributed by atoms with Crippen LogP contribution in [-0.2, 0) is 6.42 Å². The van der Waals surface area contributed by atoms with E-state index in [0.717, 1.165) is 16.9 Å². The van der Waals surface area contributed by atoms with Gasteiger partial charge in [-0.2, -0.15) is 0 Å². The number of aryl methyl sites for hydroxylation is 1. The molecule has 0 fully saturated rings. The van der Waals surface area contributed by atoms with Crippen molar-refractivity contribution in [2.45, 2.75) is 39.0 Å². The molecule has 3 rings (SSSR count). The lowest BCUT2D eigenvalue weighted by atomic mass is 10.0. The Balaban J connectivity index is 1.72. The average Bonchev–Trinajstić information content (AvgIpc) is 2.70. The Labute approximate surface area is 157 Å². The van der Waals surface area contributed by atoms with Crippen molar-refractivity contribution in [2.24, 2.45) is 0 Å². The molecule has 0 saturated carbocycles. The summed E-state index contributed by atoms with van der Waals surface area (Å²) in [7, 11) is 1.67. The van der Waals surface area contributed by atoms with Crippen LogP contribution in [0.4, 0.5) is 0 Å². The molecular weight excluding hydrogens is 316 g/mol. The molecule has 0 amide bonds. The lowest BCUT2D eigenvalue weighted by Gasteiger charge is -2.04. The number of methoxy groups -OCH3 is 1. The van der Waals surface area contributed by atoms with Crippen LogP contribution in [0.1, 0.15) is 49.3 Å². The Bertz CT molecular complexity index is 910. The van der Waals surface area contributed by atoms with Gasteiger partial charge in [0.05, 0.1) is 7.11 Å². The predicted octanol–water partition coefficient (Wildman–Crippen LogP) is 6.37. The second-order valence-corrected chi connectivity index (χ2v) is 6.69. The van der Waals surface area contributed by atoms with Crippen LogP contribution in [0.5, 0.6) is 5.75 Å². The standard InChI is InChI=1S/C25H26O/c1-3-4-5-6-7-21-10-14-24-19-22(11-15-23(24)18-21)9-8-20-12-16-25(26-2)17-13-20/h10-19H,3-7H2,1-2H3. The molecular formula is C25H26O. The SMILES string of the molecule is CCCCCCc1ccc2cc(C#Cc3ccc(OC)cc3)ccc2c1. The molecule has 0 aliphatic rings. The number of benzene rings is 3. The Morgan fingerprint density at radius 3 is 2.19 bits per heavy atom. The van der Waals surface area contributed by atoms with Gasteiger partial charge in [0.15, 0.2) is 0 Å². The molecule has 0 unspecified atom stereocenters. The highest BCUT2D eigenvalue weighted by Gasteiger charge is 1.99. The van der Waals surface area contributed by atoms with Crippen LogP contribution in [0.3, 0.4) is 0 Å². The Hall–Kier alpha value is -2.72. The maximum absolute atomic E-state index is 5.18. The quantitative estimate of drug-likeness (QED) is 0.373. The highest BCUT2D eigenvalue weighted by molar-refractivity contribution is 5.84. The molecule has 0 bridgehead atoms. The molecule has 0 saturated heterocycles. The summed E-state index contributed by atoms with van der Waals surface area (Å²) in [5.74, 6) is 7.34. The molecule has 0 aromatic heterocycles. The van der Waals surface area contributed by atoms with Crippen molar-refractivity contribution in [3.63, 3.8) is 0 Å². The van der Waals surface area contributed by atoms with Crippen molar-refractivity contribution in [3.8, 4) is 17.6 Å². The van der Waals surface area contributed by atoms with E-state index in [0.29, 0.717) is 0 Å². The molecule has 1 nitrogen and oxygen atoms in total. The molecule has 0 N–H and O–H groups in total. The van der Waals surface area contributed by atoms with Gasteiger partial charge in [0.1, 0.15) is 5.75 Å². The molecule has 0 aliphatic heterocycles. The van der Waals surface area contributed by atoms with Gasteiger partial charge in [-0.3, -0.25) is 0 Å². The zero-order valence-electron chi connectivity index (χ0n) is 15.7. The van der Waals surface area contributed by atoms with Crippen LogP contribution in [-0.4, -0.2) is 7.11 Å². The minimum atomic E-state index is 0.853. The minimum Gasteiger partial charge on any atom is -0.497 e. The number of fused-ring (bicyclic) bond motifs is 1. The Kier molecular flexibility index (Phi) is 6.34. The maximum Gasteiger partial charge on any atom is 0.118 e. The second kappa shape index (κ2) is 9.11. The van der Waals surface area contributed by atoms with Crippen molar-refractivity contribution < 1.29 is 4.74 Å². The first-order valence-electron chi connectivity index (χ1n) is 9.47. The van der Waals surface area contributed by atoms with Gasteiger partial charge in [-0.05, 0) is 65.6 Å². The van der Waals surface area contributed by atoms with Crippen molar-refractivity contribution in [1.82, 2.24) is 0 Å². The molecule has 0 heterocycles. The maximum atomic E-state index is 5.18. The normalized spacial score (nSPS) is 10.4. The van der Waals surface area contributed by atoms with E-state index < -0.39 is 0 Å². The molecule has 3 aromatic carbocycles. The number of unbranched alkanes of at least 4 members (excludes halogenated alkanes) is 3. The molecule has 26 heavy (non-hydrogen) atoms. The summed E-state index contributed by atoms with van der Waals surface area (Å²) in [6.45, 7) is 2.26. The van der Waals surface area contributed by atoms with Gasteiger partial charge in [-0.15, -0.1) is 0 Å². The van der Waals surface area contributed by atoms with Gasteiger partial charge in [0, 0.05) is 11.1 Å². The highest BCUT2D eigenvalue weighted by Crippen LogP contribution is 2.19. The van der Waals surface area contributed by atoms with Crippen molar-refractivity contribution >= 4 is 10.8 Å². The van der Waals surface area contributed by atoms with Crippen LogP contribution in [0.15, 0.2) is 60.7 Å². The van der Waals surface area contributed by atoms with Crippen molar-refractivity contribution in [2.75, 3.05) is 7.11 Å². The summed E-state index contributed by atoms with van der Waals surface area (Å²) in [5.41, 5.74) is 3.48. The van der Waals surface area contributed by atoms with Crippen LogP contribution < -0.4 is 4.74 Å². The fourth-order valence-corrected chi connectivity index (χ4v) is 3.10. The summed E-state index contributed by atoms with van der Waals surface area (Å²) in [5, 5.41) is 2.55. The zero-order chi connectivity index (χ0) is 18.2. The lowest BCUT2D eigenvalue weighted by Crippen LogP contribution is -1.87. The molecule has 3 aromatic rings. The summed E-state index contributed by atoms with van der Waals surface area (Å²) < 4.78 is 5.18. The first kappa shape index (κ1) is 18.1. The van der Waals surface area contributed by atoms with Gasteiger partial charge in [0.2, 0.25) is 0 Å². The van der Waals surface area contributed by atoms with Crippen LogP contribution in [0, 0.1) is 11.8 Å². The summed E-state index contributed by atoms with van der Waals surface area (Å²) in [6.07, 6.45) is 6.41. The number of hydrogen-bond donors (Lipinski definition) is 0. The smallest absolute Gasteiger partial charge is 0.118 e. The topological polar surface area (TPSA) is 9.23 Å². The van der Waals surface area contributed by atoms with Gasteiger partial charge >= 0.3 is 0 Å². The van der Waals surface area contributed by atoms with E-state index in [1.807, 2.05) is 24.3 Å². The third-order valence-corrected chi connectivity index (χ3v) is 4.66. The molecule has 0 aliphatic carbocycles. The molecule has 0 atom stereocenters. The van der Waals surface area contributed by atoms with Gasteiger partial charge in [-0.25, -0.2) is 0 Å². The van der Waals surface area contributed by atoms with E-state index in [4.69, 9.17) is 4.74 Å². The number of hydrogen-bond acceptors (Lipinski definition) is 1. The summed E-state index contributed by atoms with van der Waals surface area (Å²) >= 11 is 0. The van der Waals surface area contributed by atoms with Crippen molar-refractivity contribution in [1.29, 1.82) is 0 Å². The Morgan fingerprint density at radius 2 is 1.42 bits per heavy atom. The van der Waals surface area contributed by atoms with E-state index in [9.17, 15) is 0 Å². The molecule has 1 heteroatoms. The largest absolute Gasteiger partial charge is 0.497 e. The Morgan fingerprint density at radius 1 is 0.731 bits per heavy atom. The monoisotopic (exact) mass is 342 g/mol. The zero-order valence-corrected chi connectivity index (χ0v) is 15.7. The van der Waals surface area contributed by atoms with Gasteiger partial charge in [-0.1, -0.05) is 62.3 Å². The van der Waals surface area contributed by atoms with Crippen LogP contribution >= 0.6 is 0 Å². The first-order chi connectivity index (χ1) is 12.8. The average molecular weight is 342 g/mol. The molecule has 0 spiro atoms. The third-order valence-electron chi connectivity index (χ3n) is 4.66. The van der Waals surface area contributed by atoms with Crippen LogP contribution in [0.25, 0.3) is 10.8 Å². The lowest BCUT2D eigenvalue weighted by molar-refractivity contribution is 0.415. The van der Waals surface area contributed by atoms with Crippen LogP contribution in [0.2, 0.25) is 0 Å². The molecule has 0 radical (unpaired) electrons. The predicted molar refractivity (Wildman–Crippen MR) is 111 cm³/mol. The summed E-state index contributed by atoms with van der Waals surface area (Å²) in [6, 6.07) is 21.1. The van der Waals surface area contributed by atoms with Gasteiger partial charge < -0.3 is 4.74 Å². The number of ether oxygens (including phenoxy) is 1. The number of rotatable bonds is 6. The fourth-order valence-electron chi connectivity index (χ4n) is 3.10. The fraction of sp³-hybridized carbons (Fsp3) is 0.280. The van der Waals surface area contributed by atoms with Crippen molar-refractivity contribution in [3.05, 3.63) is 77.4 Å².